The average Bonchev–Trinajstić information content (AvgIpc) is 4.08. The molecule has 2 fully saturated rings. The molecule has 4 heterocycles. The summed E-state index contributed by atoms with van der Waals surface area (Å²) >= 11 is 0. The Hall–Kier alpha value is -6.18. The maximum Gasteiger partial charge on any atom is 0.407 e. The van der Waals surface area contributed by atoms with Crippen LogP contribution in [-0.2, 0) is 14.3 Å². The molecule has 0 radical (unpaired) electrons. The van der Waals surface area contributed by atoms with Crippen molar-refractivity contribution in [2.45, 2.75) is 90.4 Å². The van der Waals surface area contributed by atoms with E-state index in [2.05, 4.69) is 52.7 Å². The maximum atomic E-state index is 13.9. The van der Waals surface area contributed by atoms with E-state index in [1.807, 2.05) is 56.9 Å². The number of alkyl carbamates (subject to hydrolysis) is 1. The Labute approximate surface area is 352 Å². The molecule has 4 amide bonds. The Morgan fingerprint density at radius 2 is 1.27 bits per heavy atom. The summed E-state index contributed by atoms with van der Waals surface area (Å²) in [6.07, 6.45) is 9.35. The fraction of sp³-hybridized carbons (Fsp3) is 0.435. The minimum absolute atomic E-state index is 0.130. The second kappa shape index (κ2) is 19.7. The highest BCUT2D eigenvalue weighted by Crippen LogP contribution is 2.35. The van der Waals surface area contributed by atoms with Crippen LogP contribution < -0.4 is 5.32 Å². The van der Waals surface area contributed by atoms with Gasteiger partial charge in [0.05, 0.1) is 42.5 Å². The number of amides is 4. The molecule has 0 spiro atoms. The number of carboxylic acid groups (broad SMARTS) is 1. The van der Waals surface area contributed by atoms with E-state index in [-0.39, 0.29) is 48.9 Å². The number of aromatic amines is 2. The first kappa shape index (κ1) is 43.4. The Kier molecular flexibility index (Phi) is 14.3. The van der Waals surface area contributed by atoms with Gasteiger partial charge < -0.3 is 34.9 Å². The largest absolute Gasteiger partial charge is 0.465 e. The number of H-pyrrole nitrogens is 2. The molecule has 4 aromatic rings. The smallest absolute Gasteiger partial charge is 0.407 e. The molecule has 2 aliphatic rings. The van der Waals surface area contributed by atoms with Gasteiger partial charge >= 0.3 is 12.2 Å². The average molecular weight is 819 g/mol. The Morgan fingerprint density at radius 3 is 1.72 bits per heavy atom. The van der Waals surface area contributed by atoms with Crippen LogP contribution in [0.1, 0.15) is 90.0 Å². The minimum Gasteiger partial charge on any atom is -0.465 e. The van der Waals surface area contributed by atoms with Crippen LogP contribution >= 0.6 is 0 Å². The van der Waals surface area contributed by atoms with Gasteiger partial charge in [0.1, 0.15) is 23.7 Å². The van der Waals surface area contributed by atoms with Gasteiger partial charge in [0, 0.05) is 19.6 Å². The number of rotatable bonds is 17. The van der Waals surface area contributed by atoms with Gasteiger partial charge in [-0.25, -0.2) is 19.6 Å². The van der Waals surface area contributed by atoms with E-state index in [0.717, 1.165) is 59.3 Å². The quantitative estimate of drug-likeness (QED) is 0.0607. The standard InChI is InChI=1S/C46H58N8O6/c1-7-9-23-54(46(58)59)40(30(5)6)44(56)53-25-12-14-38(53)42-48-28-36(50-42)34-21-17-32(18-22-34)31-15-19-33(20-16-31)35-27-47-41(49-35)37-13-11-24-52(37)43(55)39(29(3)4)51-45(57)60-26-10-8-2/h7-8,15-22,27-30,37-40H,1-2,9-14,23-26H2,3-6H3,(H,47,49)(H,48,50)(H,51,57)(H,58,59)/t37-,38-,39-,40-/m0/s1. The summed E-state index contributed by atoms with van der Waals surface area (Å²) in [4.78, 5) is 73.4. The molecule has 0 unspecified atom stereocenters. The Balaban J connectivity index is 1.10. The van der Waals surface area contributed by atoms with E-state index in [4.69, 9.17) is 14.7 Å². The molecule has 4 atom stereocenters. The minimum atomic E-state index is -1.11. The number of hydrogen-bond donors (Lipinski definition) is 4. The van der Waals surface area contributed by atoms with Crippen molar-refractivity contribution in [2.24, 2.45) is 11.8 Å². The third kappa shape index (κ3) is 9.81. The van der Waals surface area contributed by atoms with Crippen molar-refractivity contribution in [1.29, 1.82) is 0 Å². The van der Waals surface area contributed by atoms with Gasteiger partial charge in [0.15, 0.2) is 0 Å². The topological polar surface area (TPSA) is 177 Å². The predicted octanol–water partition coefficient (Wildman–Crippen LogP) is 8.37. The molecule has 2 saturated heterocycles. The van der Waals surface area contributed by atoms with Crippen molar-refractivity contribution in [3.8, 4) is 33.6 Å². The number of benzene rings is 2. The summed E-state index contributed by atoms with van der Waals surface area (Å²) in [5, 5.41) is 12.7. The van der Waals surface area contributed by atoms with Gasteiger partial charge in [-0.2, -0.15) is 0 Å². The maximum absolute atomic E-state index is 13.9. The number of carbonyl (C=O) groups excluding carboxylic acids is 3. The zero-order valence-corrected chi connectivity index (χ0v) is 35.1. The fourth-order valence-electron chi connectivity index (χ4n) is 8.25. The third-order valence-electron chi connectivity index (χ3n) is 11.4. The molecule has 318 valence electrons. The SMILES string of the molecule is C=CCCOC(=O)N[C@H](C(=O)N1CCC[C@H]1c1ncc(-c2ccc(-c3ccc(-c4cnc([C@@H]5CCCN5C(=O)[C@H](C(C)C)N(CCC=C)C(=O)O)[nH]4)cc3)cc2)[nH]1)C(C)C. The lowest BCUT2D eigenvalue weighted by Gasteiger charge is -2.35. The molecule has 4 N–H and O–H groups in total. The highest BCUT2D eigenvalue weighted by molar-refractivity contribution is 5.87. The van der Waals surface area contributed by atoms with Crippen LogP contribution in [0.15, 0.2) is 86.2 Å². The summed E-state index contributed by atoms with van der Waals surface area (Å²) in [6.45, 7) is 16.5. The van der Waals surface area contributed by atoms with E-state index in [9.17, 15) is 24.3 Å². The Morgan fingerprint density at radius 1 is 0.783 bits per heavy atom. The summed E-state index contributed by atoms with van der Waals surface area (Å²) in [6, 6.07) is 14.4. The second-order valence-corrected chi connectivity index (χ2v) is 16.2. The molecule has 0 aliphatic carbocycles. The lowest BCUT2D eigenvalue weighted by molar-refractivity contribution is -0.139. The number of likely N-dealkylation sites (tertiary alicyclic amines) is 2. The molecule has 14 nitrogen and oxygen atoms in total. The highest BCUT2D eigenvalue weighted by atomic mass is 16.5. The summed E-state index contributed by atoms with van der Waals surface area (Å²) in [5.74, 6) is 0.723. The predicted molar refractivity (Wildman–Crippen MR) is 231 cm³/mol. The molecule has 0 saturated carbocycles. The normalized spacial score (nSPS) is 17.4. The number of hydrogen-bond acceptors (Lipinski definition) is 7. The summed E-state index contributed by atoms with van der Waals surface area (Å²) in [7, 11) is 0. The molecular formula is C46H58N8O6. The van der Waals surface area contributed by atoms with E-state index in [1.54, 1.807) is 29.4 Å². The van der Waals surface area contributed by atoms with Crippen molar-refractivity contribution in [2.75, 3.05) is 26.2 Å². The molecular weight excluding hydrogens is 761 g/mol. The van der Waals surface area contributed by atoms with Gasteiger partial charge in [-0.15, -0.1) is 13.2 Å². The van der Waals surface area contributed by atoms with Crippen molar-refractivity contribution >= 4 is 24.0 Å². The van der Waals surface area contributed by atoms with Crippen LogP contribution in [0.5, 0.6) is 0 Å². The lowest BCUT2D eigenvalue weighted by Crippen LogP contribution is -2.53. The first-order valence-corrected chi connectivity index (χ1v) is 21.0. The number of aromatic nitrogens is 4. The lowest BCUT2D eigenvalue weighted by atomic mass is 10.00. The van der Waals surface area contributed by atoms with Gasteiger partial charge in [-0.3, -0.25) is 14.5 Å². The number of nitrogens with one attached hydrogen (secondary N) is 3. The van der Waals surface area contributed by atoms with Crippen LogP contribution in [0.3, 0.4) is 0 Å². The summed E-state index contributed by atoms with van der Waals surface area (Å²) < 4.78 is 5.21. The van der Waals surface area contributed by atoms with Gasteiger partial charge in [0.25, 0.3) is 0 Å². The first-order chi connectivity index (χ1) is 28.9. The summed E-state index contributed by atoms with van der Waals surface area (Å²) in [5.41, 5.74) is 5.68. The molecule has 14 heteroatoms. The van der Waals surface area contributed by atoms with Gasteiger partial charge in [0.2, 0.25) is 11.8 Å². The van der Waals surface area contributed by atoms with Crippen LogP contribution in [-0.4, -0.2) is 102 Å². The number of carbonyl (C=O) groups is 4. The third-order valence-corrected chi connectivity index (χ3v) is 11.4. The van der Waals surface area contributed by atoms with Gasteiger partial charge in [-0.1, -0.05) is 88.4 Å². The number of ether oxygens (including phenoxy) is 1. The molecule has 2 aromatic heterocycles. The fourth-order valence-corrected chi connectivity index (χ4v) is 8.25. The van der Waals surface area contributed by atoms with E-state index >= 15 is 0 Å². The van der Waals surface area contributed by atoms with Crippen LogP contribution in [0, 0.1) is 11.8 Å². The number of imidazole rings is 2. The van der Waals surface area contributed by atoms with Crippen LogP contribution in [0.25, 0.3) is 33.6 Å². The molecule has 2 aliphatic heterocycles. The molecule has 60 heavy (non-hydrogen) atoms. The number of nitrogens with zero attached hydrogens (tertiary/aromatic N) is 5. The van der Waals surface area contributed by atoms with E-state index in [0.29, 0.717) is 37.6 Å². The monoisotopic (exact) mass is 818 g/mol. The van der Waals surface area contributed by atoms with Crippen LogP contribution in [0.4, 0.5) is 9.59 Å². The zero-order valence-electron chi connectivity index (χ0n) is 35.1. The zero-order chi connectivity index (χ0) is 42.9. The van der Waals surface area contributed by atoms with E-state index < -0.39 is 24.3 Å². The van der Waals surface area contributed by atoms with Gasteiger partial charge in [-0.05, 0) is 72.6 Å². The Bertz CT molecular complexity index is 2120. The molecule has 6 rings (SSSR count). The second-order valence-electron chi connectivity index (χ2n) is 16.2. The molecule has 2 aromatic carbocycles. The highest BCUT2D eigenvalue weighted by Gasteiger charge is 2.41. The van der Waals surface area contributed by atoms with Crippen molar-refractivity contribution < 1.29 is 29.0 Å². The first-order valence-electron chi connectivity index (χ1n) is 21.0. The van der Waals surface area contributed by atoms with Crippen LogP contribution in [0.2, 0.25) is 0 Å². The van der Waals surface area contributed by atoms with E-state index in [1.165, 1.54) is 4.90 Å². The van der Waals surface area contributed by atoms with Crippen molar-refractivity contribution in [3.63, 3.8) is 0 Å². The van der Waals surface area contributed by atoms with Crippen molar-refractivity contribution in [3.05, 3.63) is 97.9 Å². The molecule has 0 bridgehead atoms. The van der Waals surface area contributed by atoms with Crippen molar-refractivity contribution in [1.82, 2.24) is 40.0 Å².